The van der Waals surface area contributed by atoms with Crippen LogP contribution in [0.5, 0.6) is 11.5 Å². The number of hydrogen-bond donors (Lipinski definition) is 1. The molecule has 3 aliphatic heterocycles. The van der Waals surface area contributed by atoms with E-state index in [2.05, 4.69) is 29.4 Å². The SMILES string of the molecule is COc1ccc(C2=CC(=O)N3C=C(C4=CCNCC4)N=CC3=CCC2C)cc1OC. The van der Waals surface area contributed by atoms with E-state index in [1.54, 1.807) is 31.4 Å². The summed E-state index contributed by atoms with van der Waals surface area (Å²) in [6.07, 6.45) is 11.4. The number of benzene rings is 1. The predicted molar refractivity (Wildman–Crippen MR) is 118 cm³/mol. The van der Waals surface area contributed by atoms with Crippen molar-refractivity contribution in [1.82, 2.24) is 10.2 Å². The van der Waals surface area contributed by atoms with Crippen molar-refractivity contribution >= 4 is 17.7 Å². The molecule has 3 heterocycles. The molecule has 6 nitrogen and oxygen atoms in total. The molecule has 0 aromatic heterocycles. The molecule has 0 saturated heterocycles. The zero-order chi connectivity index (χ0) is 21.1. The third-order valence-corrected chi connectivity index (χ3v) is 5.70. The van der Waals surface area contributed by atoms with Gasteiger partial charge in [-0.15, -0.1) is 0 Å². The fraction of sp³-hybridized carbons (Fsp3) is 0.333. The van der Waals surface area contributed by atoms with Crippen LogP contribution in [0.15, 0.2) is 64.6 Å². The Morgan fingerprint density at radius 1 is 1.17 bits per heavy atom. The monoisotopic (exact) mass is 405 g/mol. The van der Waals surface area contributed by atoms with Crippen molar-refractivity contribution in [2.45, 2.75) is 19.8 Å². The number of hydrogen-bond acceptors (Lipinski definition) is 5. The molecular formula is C24H27N3O3. The summed E-state index contributed by atoms with van der Waals surface area (Å²) in [6, 6.07) is 5.78. The number of allylic oxidation sites excluding steroid dienone is 4. The van der Waals surface area contributed by atoms with Crippen LogP contribution in [0.3, 0.4) is 0 Å². The molecule has 156 valence electrons. The van der Waals surface area contributed by atoms with Gasteiger partial charge in [-0.25, -0.2) is 0 Å². The fourth-order valence-electron chi connectivity index (χ4n) is 3.94. The average Bonchev–Trinajstić information content (AvgIpc) is 2.80. The van der Waals surface area contributed by atoms with Crippen LogP contribution in [0, 0.1) is 5.92 Å². The maximum absolute atomic E-state index is 13.3. The smallest absolute Gasteiger partial charge is 0.255 e. The van der Waals surface area contributed by atoms with Gasteiger partial charge < -0.3 is 14.8 Å². The molecule has 0 saturated carbocycles. The molecule has 6 heteroatoms. The van der Waals surface area contributed by atoms with Crippen LogP contribution in [-0.4, -0.2) is 44.3 Å². The minimum Gasteiger partial charge on any atom is -0.493 e. The maximum Gasteiger partial charge on any atom is 0.255 e. The Labute approximate surface area is 177 Å². The first-order valence-electron chi connectivity index (χ1n) is 10.2. The van der Waals surface area contributed by atoms with Crippen LogP contribution >= 0.6 is 0 Å². The Hall–Kier alpha value is -3.12. The lowest BCUT2D eigenvalue weighted by molar-refractivity contribution is -0.121. The second-order valence-corrected chi connectivity index (χ2v) is 7.60. The van der Waals surface area contributed by atoms with Gasteiger partial charge >= 0.3 is 0 Å². The summed E-state index contributed by atoms with van der Waals surface area (Å²) in [5.41, 5.74) is 4.80. The molecule has 0 bridgehead atoms. The number of fused-ring (bicyclic) bond motifs is 1. The van der Waals surface area contributed by atoms with E-state index in [9.17, 15) is 4.79 Å². The Bertz CT molecular complexity index is 1000. The third-order valence-electron chi connectivity index (χ3n) is 5.70. The molecule has 1 unspecified atom stereocenters. The number of amides is 1. The predicted octanol–water partition coefficient (Wildman–Crippen LogP) is 3.69. The molecule has 1 aromatic rings. The maximum atomic E-state index is 13.3. The van der Waals surface area contributed by atoms with Gasteiger partial charge in [-0.1, -0.05) is 25.1 Å². The van der Waals surface area contributed by atoms with E-state index >= 15 is 0 Å². The number of carbonyl (C=O) groups is 1. The average molecular weight is 405 g/mol. The van der Waals surface area contributed by atoms with Crippen molar-refractivity contribution in [3.8, 4) is 11.5 Å². The summed E-state index contributed by atoms with van der Waals surface area (Å²) in [7, 11) is 3.23. The van der Waals surface area contributed by atoms with Gasteiger partial charge in [0.05, 0.1) is 31.8 Å². The molecule has 1 amide bonds. The number of ether oxygens (including phenoxy) is 2. The van der Waals surface area contributed by atoms with Gasteiger partial charge in [0.15, 0.2) is 11.5 Å². The number of methoxy groups -OCH3 is 2. The third kappa shape index (κ3) is 3.96. The van der Waals surface area contributed by atoms with Gasteiger partial charge in [0.25, 0.3) is 5.91 Å². The Balaban J connectivity index is 1.69. The molecule has 4 rings (SSSR count). The number of carbonyl (C=O) groups excluding carboxylic acids is 1. The van der Waals surface area contributed by atoms with Crippen LogP contribution in [0.2, 0.25) is 0 Å². The Morgan fingerprint density at radius 3 is 2.73 bits per heavy atom. The quantitative estimate of drug-likeness (QED) is 0.830. The van der Waals surface area contributed by atoms with Crippen LogP contribution in [0.4, 0.5) is 0 Å². The zero-order valence-electron chi connectivity index (χ0n) is 17.6. The Morgan fingerprint density at radius 2 is 2.00 bits per heavy atom. The van der Waals surface area contributed by atoms with E-state index < -0.39 is 0 Å². The summed E-state index contributed by atoms with van der Waals surface area (Å²) >= 11 is 0. The largest absolute Gasteiger partial charge is 0.493 e. The zero-order valence-corrected chi connectivity index (χ0v) is 17.6. The molecule has 30 heavy (non-hydrogen) atoms. The molecule has 3 aliphatic rings. The van der Waals surface area contributed by atoms with Crippen molar-refractivity contribution < 1.29 is 14.3 Å². The molecule has 0 spiro atoms. The topological polar surface area (TPSA) is 63.2 Å². The fourth-order valence-corrected chi connectivity index (χ4v) is 3.94. The lowest BCUT2D eigenvalue weighted by Crippen LogP contribution is -2.29. The summed E-state index contributed by atoms with van der Waals surface area (Å²) in [5.74, 6) is 1.42. The van der Waals surface area contributed by atoms with E-state index in [1.807, 2.05) is 24.4 Å². The highest BCUT2D eigenvalue weighted by Crippen LogP contribution is 2.35. The summed E-state index contributed by atoms with van der Waals surface area (Å²) in [5, 5.41) is 3.31. The van der Waals surface area contributed by atoms with E-state index in [1.165, 1.54) is 5.57 Å². The van der Waals surface area contributed by atoms with Gasteiger partial charge in [-0.3, -0.25) is 14.7 Å². The van der Waals surface area contributed by atoms with Crippen molar-refractivity contribution in [3.63, 3.8) is 0 Å². The first kappa shape index (κ1) is 20.2. The second-order valence-electron chi connectivity index (χ2n) is 7.60. The number of rotatable bonds is 4. The van der Waals surface area contributed by atoms with Gasteiger partial charge in [-0.05, 0) is 54.1 Å². The number of nitrogens with zero attached hydrogens (tertiary/aromatic N) is 2. The first-order chi connectivity index (χ1) is 14.6. The van der Waals surface area contributed by atoms with Crippen LogP contribution < -0.4 is 14.8 Å². The van der Waals surface area contributed by atoms with Crippen LogP contribution in [0.25, 0.3) is 5.57 Å². The molecule has 0 aliphatic carbocycles. The lowest BCUT2D eigenvalue weighted by atomic mass is 9.89. The standard InChI is InChI=1S/C24H27N3O3/c1-16-4-6-19-14-26-21(17-8-10-25-11-9-17)15-27(19)24(28)13-20(16)18-5-7-22(29-2)23(12-18)30-3/h5-8,12-16,25H,4,9-11H2,1-3H3. The van der Waals surface area contributed by atoms with Crippen molar-refractivity contribution in [1.29, 1.82) is 0 Å². The van der Waals surface area contributed by atoms with Gasteiger partial charge in [-0.2, -0.15) is 0 Å². The highest BCUT2D eigenvalue weighted by Gasteiger charge is 2.24. The van der Waals surface area contributed by atoms with Crippen LogP contribution in [-0.2, 0) is 4.79 Å². The normalized spacial score (nSPS) is 21.5. The van der Waals surface area contributed by atoms with Crippen molar-refractivity contribution in [2.24, 2.45) is 10.9 Å². The van der Waals surface area contributed by atoms with E-state index in [0.717, 1.165) is 48.5 Å². The molecule has 0 fully saturated rings. The minimum absolute atomic E-state index is 0.0734. The Kier molecular flexibility index (Phi) is 5.86. The van der Waals surface area contributed by atoms with E-state index in [-0.39, 0.29) is 11.8 Å². The van der Waals surface area contributed by atoms with Crippen LogP contribution in [0.1, 0.15) is 25.3 Å². The van der Waals surface area contributed by atoms with Crippen molar-refractivity contribution in [3.05, 3.63) is 65.2 Å². The van der Waals surface area contributed by atoms with Gasteiger partial charge in [0, 0.05) is 18.8 Å². The summed E-state index contributed by atoms with van der Waals surface area (Å²) < 4.78 is 10.8. The molecule has 1 N–H and O–H groups in total. The summed E-state index contributed by atoms with van der Waals surface area (Å²) in [4.78, 5) is 19.6. The van der Waals surface area contributed by atoms with E-state index in [4.69, 9.17) is 9.47 Å². The van der Waals surface area contributed by atoms with Gasteiger partial charge in [0.1, 0.15) is 0 Å². The summed E-state index contributed by atoms with van der Waals surface area (Å²) in [6.45, 7) is 3.89. The molecule has 1 aromatic carbocycles. The highest BCUT2D eigenvalue weighted by molar-refractivity contribution is 6.01. The molecule has 0 radical (unpaired) electrons. The van der Waals surface area contributed by atoms with Gasteiger partial charge in [0.2, 0.25) is 0 Å². The highest BCUT2D eigenvalue weighted by atomic mass is 16.5. The number of nitrogens with one attached hydrogen (secondary N) is 1. The van der Waals surface area contributed by atoms with Crippen molar-refractivity contribution in [2.75, 3.05) is 27.3 Å². The van der Waals surface area contributed by atoms with E-state index in [0.29, 0.717) is 11.5 Å². The molecular weight excluding hydrogens is 378 g/mol. The lowest BCUT2D eigenvalue weighted by Gasteiger charge is -2.27. The number of aliphatic imine (C=N–C) groups is 1. The minimum atomic E-state index is -0.0734. The first-order valence-corrected chi connectivity index (χ1v) is 10.2. The molecule has 1 atom stereocenters. The second kappa shape index (κ2) is 8.71.